The highest BCUT2D eigenvalue weighted by atomic mass is 16.6. The molecule has 18 heteroatoms. The van der Waals surface area contributed by atoms with E-state index in [0.29, 0.717) is 37.7 Å². The summed E-state index contributed by atoms with van der Waals surface area (Å²) in [6, 6.07) is 10.2. The molecule has 0 fully saturated rings. The molecule has 4 amide bonds. The minimum absolute atomic E-state index is 0.0452. The zero-order chi connectivity index (χ0) is 65.9. The molecule has 0 radical (unpaired) electrons. The van der Waals surface area contributed by atoms with Crippen LogP contribution < -0.4 is 21.4 Å². The molecule has 0 unspecified atom stereocenters. The monoisotopic (exact) mass is 946 g/mol. The van der Waals surface area contributed by atoms with Crippen molar-refractivity contribution in [1.82, 2.24) is 31.4 Å². The van der Waals surface area contributed by atoms with E-state index in [1.807, 2.05) is 5.32 Å². The minimum atomic E-state index is -4.29. The predicted octanol–water partition coefficient (Wildman–Crippen LogP) is 4.29. The Balaban J connectivity index is 2.15. The normalized spacial score (nSPS) is 19.6. The summed E-state index contributed by atoms with van der Waals surface area (Å²) >= 11 is 0. The molecule has 1 heterocycles. The van der Waals surface area contributed by atoms with E-state index in [9.17, 15) is 24.3 Å². The first kappa shape index (κ1) is 31.0. The lowest BCUT2D eigenvalue weighted by atomic mass is 9.85. The molecule has 1 aromatic heterocycles. The Morgan fingerprint density at radius 3 is 1.79 bits per heavy atom. The van der Waals surface area contributed by atoms with Gasteiger partial charge in [-0.2, -0.15) is 0 Å². The molecule has 0 bridgehead atoms. The van der Waals surface area contributed by atoms with E-state index in [1.165, 1.54) is 55.0 Å². The summed E-state index contributed by atoms with van der Waals surface area (Å²) in [5.41, 5.74) is -4.86. The van der Waals surface area contributed by atoms with Crippen LogP contribution in [0.3, 0.4) is 0 Å². The number of hydrogen-bond acceptors (Lipinski definition) is 14. The number of hydrogen-bond donors (Lipinski definition) is 5. The van der Waals surface area contributed by atoms with Crippen molar-refractivity contribution in [2.45, 2.75) is 78.3 Å². The minimum Gasteiger partial charge on any atom is -0.453 e. The summed E-state index contributed by atoms with van der Waals surface area (Å²) < 4.78 is 208. The maximum absolute atomic E-state index is 14.9. The van der Waals surface area contributed by atoms with Crippen molar-refractivity contribution >= 4 is 24.0 Å². The molecule has 0 spiro atoms. The van der Waals surface area contributed by atoms with E-state index in [4.69, 9.17) is 57.2 Å². The number of methoxy groups -OCH3 is 2. The van der Waals surface area contributed by atoms with Gasteiger partial charge in [-0.05, 0) is 40.5 Å². The van der Waals surface area contributed by atoms with E-state index in [1.54, 1.807) is 36.4 Å². The number of aliphatic hydroxyl groups excluding tert-OH is 1. The van der Waals surface area contributed by atoms with Crippen molar-refractivity contribution in [3.63, 3.8) is 0 Å². The zero-order valence-electron chi connectivity index (χ0n) is 57.3. The van der Waals surface area contributed by atoms with Crippen LogP contribution in [0.15, 0.2) is 79.0 Å². The topological polar surface area (TPSA) is 217 Å². The van der Waals surface area contributed by atoms with Gasteiger partial charge in [-0.1, -0.05) is 102 Å². The summed E-state index contributed by atoms with van der Waals surface area (Å²) in [6.45, 7) is -26.1. The number of carbonyl (C=O) groups is 4. The molecule has 366 valence electrons. The Kier molecular flexibility index (Phi) is 13.8. The lowest BCUT2D eigenvalue weighted by Gasteiger charge is -2.35. The van der Waals surface area contributed by atoms with E-state index in [2.05, 4.69) is 20.5 Å². The van der Waals surface area contributed by atoms with Crippen molar-refractivity contribution in [3.8, 4) is 11.3 Å². The summed E-state index contributed by atoms with van der Waals surface area (Å²) in [7, 11) is -2.10. The molecule has 0 aliphatic rings. The van der Waals surface area contributed by atoms with Crippen LogP contribution in [-0.2, 0) is 55.7 Å². The van der Waals surface area contributed by atoms with Crippen LogP contribution in [0.25, 0.3) is 11.3 Å². The van der Waals surface area contributed by atoms with Crippen molar-refractivity contribution in [2.75, 3.05) is 86.8 Å². The van der Waals surface area contributed by atoms with Gasteiger partial charge < -0.3 is 54.2 Å². The highest BCUT2D eigenvalue weighted by molar-refractivity contribution is 5.87. The second-order valence-electron chi connectivity index (χ2n) is 14.4. The number of nitrogens with one attached hydrogen (secondary N) is 4. The summed E-state index contributed by atoms with van der Waals surface area (Å²) in [6.07, 6.45) is -5.11. The van der Waals surface area contributed by atoms with Crippen LogP contribution in [0.1, 0.15) is 81.0 Å². The number of benzene rings is 2. The molecule has 4 atom stereocenters. The number of ether oxygens (including phenoxy) is 7. The molecule has 2 aromatic carbocycles. The lowest BCUT2D eigenvalue weighted by Crippen LogP contribution is -2.61. The Labute approximate surface area is 419 Å². The van der Waals surface area contributed by atoms with Gasteiger partial charge in [0.25, 0.3) is 5.91 Å². The smallest absolute Gasteiger partial charge is 0.407 e. The lowest BCUT2D eigenvalue weighted by molar-refractivity contribution is -0.132. The van der Waals surface area contributed by atoms with Crippen LogP contribution in [-0.4, -0.2) is 150 Å². The fourth-order valence-electron chi connectivity index (χ4n) is 5.82. The van der Waals surface area contributed by atoms with Crippen LogP contribution in [0.4, 0.5) is 9.59 Å². The molecule has 3 aromatic rings. The van der Waals surface area contributed by atoms with Crippen molar-refractivity contribution in [3.05, 3.63) is 90.1 Å². The quantitative estimate of drug-likeness (QED) is 0.0485. The largest absolute Gasteiger partial charge is 0.453 e. The third kappa shape index (κ3) is 21.4. The molecular formula is C48H72N6O12. The van der Waals surface area contributed by atoms with Gasteiger partial charge in [0.15, 0.2) is 0 Å². The van der Waals surface area contributed by atoms with Gasteiger partial charge in [-0.15, -0.1) is 0 Å². The fraction of sp³-hybridized carbons (Fsp3) is 0.562. The highest BCUT2D eigenvalue weighted by Gasteiger charge is 2.37. The first-order valence-corrected chi connectivity index (χ1v) is 20.5. The van der Waals surface area contributed by atoms with Gasteiger partial charge in [0.1, 0.15) is 18.7 Å². The van der Waals surface area contributed by atoms with E-state index < -0.39 is 133 Å². The van der Waals surface area contributed by atoms with Crippen molar-refractivity contribution < 1.29 is 86.2 Å². The summed E-state index contributed by atoms with van der Waals surface area (Å²) in [5.74, 6) is -3.82. The summed E-state index contributed by atoms with van der Waals surface area (Å²) in [4.78, 5) is 60.7. The number of rotatable bonds is 29. The molecule has 0 saturated carbocycles. The molecule has 18 nitrogen and oxygen atoms in total. The van der Waals surface area contributed by atoms with Gasteiger partial charge in [0.05, 0.1) is 88.5 Å². The van der Waals surface area contributed by atoms with E-state index >= 15 is 0 Å². The van der Waals surface area contributed by atoms with Crippen LogP contribution in [0.5, 0.6) is 0 Å². The highest BCUT2D eigenvalue weighted by Crippen LogP contribution is 2.23. The van der Waals surface area contributed by atoms with E-state index in [0.717, 1.165) is 5.01 Å². The summed E-state index contributed by atoms with van der Waals surface area (Å²) in [5, 5.41) is 18.7. The van der Waals surface area contributed by atoms with Crippen molar-refractivity contribution in [1.29, 1.82) is 0 Å². The maximum atomic E-state index is 14.9. The second-order valence-corrected chi connectivity index (χ2v) is 14.4. The number of amides is 4. The SMILES string of the molecule is [2H]C([2H])([2H])OC(=O)N[C@H](C(=O)NN(Cc1ccc(-c2ccccn2)cc1)C[C@H](O)[C@H](Cc1ccccc1)NC(=O)[C@@H](NC(=O)OCCOCCOCCOCCOCCOC)C(C([2H])([2H])[2H])(C([2H])([2H])[2H])C([2H])([2H])[2H])C(C([2H])([2H])[2H])(C([2H])([2H])[2H])C([2H])([2H])[2H]. The predicted molar refractivity (Wildman–Crippen MR) is 248 cm³/mol. The first-order chi connectivity index (χ1) is 40.2. The fourth-order valence-corrected chi connectivity index (χ4v) is 5.82. The van der Waals surface area contributed by atoms with Crippen molar-refractivity contribution in [2.24, 2.45) is 10.8 Å². The molecule has 66 heavy (non-hydrogen) atoms. The maximum Gasteiger partial charge on any atom is 0.407 e. The number of aliphatic hydroxyl groups is 1. The standard InChI is InChI=1S/C48H72N6O12/c1-47(2,3)41(52-46(59)66-31-30-65-29-28-64-27-26-63-25-24-62-23-22-60-7)43(56)50-39(32-35-14-10-9-11-15-35)40(55)34-54(53-44(57)42(48(4,5)6)51-45(58)61-8)33-36-17-19-37(20-18-36)38-16-12-13-21-49-38/h9-21,39-42,55H,22-34H2,1-8H3,(H,50,56)(H,51,58)(H,52,59)(H,53,57)/t39-,40-,41+,42+/m0/s1/i1D3,2D3,3D3,4D3,5D3,6D3,8D3. The van der Waals surface area contributed by atoms with Crippen LogP contribution >= 0.6 is 0 Å². The average molecular weight is 946 g/mol. The zero-order valence-corrected chi connectivity index (χ0v) is 36.3. The molecule has 0 saturated heterocycles. The molecular weight excluding hydrogens is 853 g/mol. The molecule has 0 aliphatic heterocycles. The number of pyridine rings is 1. The molecule has 0 aliphatic carbocycles. The van der Waals surface area contributed by atoms with Gasteiger partial charge in [-0.25, -0.2) is 14.6 Å². The van der Waals surface area contributed by atoms with Crippen LogP contribution in [0.2, 0.25) is 0 Å². The number of alkyl carbamates (subject to hydrolysis) is 2. The van der Waals surface area contributed by atoms with Gasteiger partial charge in [0.2, 0.25) is 5.91 Å². The second kappa shape index (κ2) is 29.4. The number of carbonyl (C=O) groups excluding carboxylic acids is 4. The average Bonchev–Trinajstić information content (AvgIpc) is 0.728. The Bertz CT molecular complexity index is 2520. The Hall–Kier alpha value is -5.21. The third-order valence-corrected chi connectivity index (χ3v) is 9.07. The van der Waals surface area contributed by atoms with E-state index in [-0.39, 0.29) is 44.2 Å². The van der Waals surface area contributed by atoms with Gasteiger partial charge in [0, 0.05) is 56.6 Å². The van der Waals surface area contributed by atoms with Crippen LogP contribution in [0, 0.1) is 10.8 Å². The Morgan fingerprint density at radius 1 is 0.667 bits per heavy atom. The third-order valence-electron chi connectivity index (χ3n) is 9.07. The Morgan fingerprint density at radius 2 is 1.23 bits per heavy atom. The number of nitrogens with zero attached hydrogens (tertiary/aromatic N) is 2. The number of hydrazine groups is 1. The van der Waals surface area contributed by atoms with Gasteiger partial charge >= 0.3 is 12.2 Å². The van der Waals surface area contributed by atoms with Gasteiger partial charge in [-0.3, -0.25) is 20.0 Å². The molecule has 5 N–H and O–H groups in total. The number of aromatic nitrogens is 1. The first-order valence-electron chi connectivity index (χ1n) is 31.0. The molecule has 3 rings (SSSR count).